The summed E-state index contributed by atoms with van der Waals surface area (Å²) >= 11 is 0. The molecule has 1 aliphatic carbocycles. The molecule has 2 heterocycles. The Morgan fingerprint density at radius 2 is 1.89 bits per heavy atom. The van der Waals surface area contributed by atoms with E-state index in [0.29, 0.717) is 18.5 Å². The van der Waals surface area contributed by atoms with Gasteiger partial charge in [0.05, 0.1) is 5.60 Å². The summed E-state index contributed by atoms with van der Waals surface area (Å²) in [5.41, 5.74) is 5.20. The molecule has 3 unspecified atom stereocenters. The van der Waals surface area contributed by atoms with Gasteiger partial charge in [0.15, 0.2) is 0 Å². The Bertz CT molecular complexity index is 307. The first-order valence-corrected chi connectivity index (χ1v) is 7.49. The minimum Gasteiger partial charge on any atom is -0.387 e. The summed E-state index contributed by atoms with van der Waals surface area (Å²) in [5.74, 6) is 0.459. The minimum atomic E-state index is -0.623. The van der Waals surface area contributed by atoms with Crippen LogP contribution in [0.2, 0.25) is 0 Å². The molecule has 3 atom stereocenters. The number of β-amino-alcohol motifs (C(OH)–C–C–N with tert-alkyl or cyclic N) is 1. The molecule has 3 N–H and O–H groups in total. The number of hydrogen-bond acceptors (Lipinski definition) is 4. The summed E-state index contributed by atoms with van der Waals surface area (Å²) in [6, 6.07) is 1.46. The molecular formula is C14H27N3O. The lowest BCUT2D eigenvalue weighted by Crippen LogP contribution is -2.51. The van der Waals surface area contributed by atoms with Crippen LogP contribution in [-0.2, 0) is 0 Å². The maximum absolute atomic E-state index is 10.7. The molecule has 0 aromatic heterocycles. The molecule has 0 aromatic carbocycles. The van der Waals surface area contributed by atoms with Crippen LogP contribution in [0.3, 0.4) is 0 Å². The minimum absolute atomic E-state index is 0.415. The zero-order valence-corrected chi connectivity index (χ0v) is 11.5. The molecule has 0 aromatic rings. The summed E-state index contributed by atoms with van der Waals surface area (Å²) in [7, 11) is 2.27. The van der Waals surface area contributed by atoms with Crippen LogP contribution in [0.15, 0.2) is 0 Å². The van der Waals surface area contributed by atoms with E-state index in [1.165, 1.54) is 19.3 Å². The van der Waals surface area contributed by atoms with Gasteiger partial charge in [0.2, 0.25) is 0 Å². The SMILES string of the molecule is CN1C2CCC1CN(CC(O)(CN)C1CC1)CC2. The van der Waals surface area contributed by atoms with E-state index < -0.39 is 5.60 Å². The van der Waals surface area contributed by atoms with Crippen molar-refractivity contribution >= 4 is 0 Å². The van der Waals surface area contributed by atoms with Gasteiger partial charge in [-0.05, 0) is 51.6 Å². The fourth-order valence-electron chi connectivity index (χ4n) is 3.89. The number of nitrogens with zero attached hydrogens (tertiary/aromatic N) is 2. The van der Waals surface area contributed by atoms with Gasteiger partial charge >= 0.3 is 0 Å². The Morgan fingerprint density at radius 3 is 2.56 bits per heavy atom. The van der Waals surface area contributed by atoms with E-state index >= 15 is 0 Å². The Morgan fingerprint density at radius 1 is 1.17 bits per heavy atom. The molecular weight excluding hydrogens is 226 g/mol. The van der Waals surface area contributed by atoms with Gasteiger partial charge < -0.3 is 10.8 Å². The maximum Gasteiger partial charge on any atom is 0.0923 e. The van der Waals surface area contributed by atoms with Gasteiger partial charge in [-0.3, -0.25) is 9.80 Å². The molecule has 2 aliphatic heterocycles. The van der Waals surface area contributed by atoms with Gasteiger partial charge in [-0.25, -0.2) is 0 Å². The third-order valence-electron chi connectivity index (χ3n) is 5.42. The normalized spacial score (nSPS) is 37.5. The highest BCUT2D eigenvalue weighted by Crippen LogP contribution is 2.40. The average molecular weight is 253 g/mol. The number of fused-ring (bicyclic) bond motifs is 2. The van der Waals surface area contributed by atoms with Gasteiger partial charge in [0.25, 0.3) is 0 Å². The standard InChI is InChI=1S/C14H27N3O/c1-16-12-4-5-13(16)8-17(7-6-12)10-14(18,9-15)11-2-3-11/h11-13,18H,2-10,15H2,1H3. The lowest BCUT2D eigenvalue weighted by molar-refractivity contribution is -0.00994. The Kier molecular flexibility index (Phi) is 3.39. The van der Waals surface area contributed by atoms with E-state index in [1.807, 2.05) is 0 Å². The van der Waals surface area contributed by atoms with Crippen LogP contribution in [0.5, 0.6) is 0 Å². The predicted molar refractivity (Wildman–Crippen MR) is 72.4 cm³/mol. The molecule has 0 amide bonds. The zero-order chi connectivity index (χ0) is 12.8. The van der Waals surface area contributed by atoms with Crippen LogP contribution in [-0.4, -0.2) is 65.8 Å². The fraction of sp³-hybridized carbons (Fsp3) is 1.00. The van der Waals surface area contributed by atoms with Crippen molar-refractivity contribution in [1.29, 1.82) is 0 Å². The Balaban J connectivity index is 1.63. The van der Waals surface area contributed by atoms with Crippen molar-refractivity contribution < 1.29 is 5.11 Å². The van der Waals surface area contributed by atoms with Crippen LogP contribution < -0.4 is 5.73 Å². The highest BCUT2D eigenvalue weighted by Gasteiger charge is 2.45. The van der Waals surface area contributed by atoms with E-state index in [0.717, 1.165) is 38.5 Å². The van der Waals surface area contributed by atoms with Crippen molar-refractivity contribution in [2.24, 2.45) is 11.7 Å². The molecule has 2 bridgehead atoms. The first kappa shape index (κ1) is 12.9. The molecule has 18 heavy (non-hydrogen) atoms. The molecule has 4 heteroatoms. The first-order chi connectivity index (χ1) is 8.62. The fourth-order valence-corrected chi connectivity index (χ4v) is 3.89. The topological polar surface area (TPSA) is 52.7 Å². The predicted octanol–water partition coefficient (Wildman–Crippen LogP) is 0.255. The number of likely N-dealkylation sites (N-methyl/N-ethyl adjacent to an activating group) is 1. The smallest absolute Gasteiger partial charge is 0.0923 e. The molecule has 1 saturated carbocycles. The lowest BCUT2D eigenvalue weighted by Gasteiger charge is -2.34. The van der Waals surface area contributed by atoms with E-state index in [9.17, 15) is 5.11 Å². The van der Waals surface area contributed by atoms with E-state index in [-0.39, 0.29) is 0 Å². The summed E-state index contributed by atoms with van der Waals surface area (Å²) in [4.78, 5) is 5.02. The van der Waals surface area contributed by atoms with Crippen LogP contribution in [0.1, 0.15) is 32.1 Å². The maximum atomic E-state index is 10.7. The van der Waals surface area contributed by atoms with Crippen molar-refractivity contribution in [2.45, 2.75) is 49.8 Å². The average Bonchev–Trinajstić information content (AvgIpc) is 3.13. The van der Waals surface area contributed by atoms with E-state index in [2.05, 4.69) is 16.8 Å². The first-order valence-electron chi connectivity index (χ1n) is 7.49. The Labute approximate surface area is 110 Å². The highest BCUT2D eigenvalue weighted by atomic mass is 16.3. The zero-order valence-electron chi connectivity index (χ0n) is 11.5. The second kappa shape index (κ2) is 4.75. The molecule has 2 saturated heterocycles. The van der Waals surface area contributed by atoms with Crippen LogP contribution in [0.4, 0.5) is 0 Å². The van der Waals surface area contributed by atoms with E-state index in [1.54, 1.807) is 0 Å². The Hall–Kier alpha value is -0.160. The van der Waals surface area contributed by atoms with Gasteiger partial charge in [0, 0.05) is 31.7 Å². The molecule has 4 nitrogen and oxygen atoms in total. The van der Waals surface area contributed by atoms with Gasteiger partial charge in [-0.1, -0.05) is 0 Å². The van der Waals surface area contributed by atoms with Crippen molar-refractivity contribution in [3.05, 3.63) is 0 Å². The third kappa shape index (κ3) is 2.31. The quantitative estimate of drug-likeness (QED) is 0.754. The van der Waals surface area contributed by atoms with Crippen molar-refractivity contribution in [3.8, 4) is 0 Å². The summed E-state index contributed by atoms with van der Waals surface area (Å²) in [6.07, 6.45) is 6.25. The molecule has 3 fully saturated rings. The largest absolute Gasteiger partial charge is 0.387 e. The second-order valence-corrected chi connectivity index (χ2v) is 6.66. The summed E-state index contributed by atoms with van der Waals surface area (Å²) in [5, 5.41) is 10.7. The monoisotopic (exact) mass is 253 g/mol. The number of hydrogen-bond donors (Lipinski definition) is 2. The number of aliphatic hydroxyl groups is 1. The van der Waals surface area contributed by atoms with Crippen molar-refractivity contribution in [2.75, 3.05) is 33.2 Å². The summed E-state index contributed by atoms with van der Waals surface area (Å²) in [6.45, 7) is 3.44. The third-order valence-corrected chi connectivity index (χ3v) is 5.42. The van der Waals surface area contributed by atoms with Crippen LogP contribution in [0.25, 0.3) is 0 Å². The number of rotatable bonds is 4. The molecule has 0 radical (unpaired) electrons. The molecule has 3 aliphatic rings. The van der Waals surface area contributed by atoms with Gasteiger partial charge in [0.1, 0.15) is 0 Å². The highest BCUT2D eigenvalue weighted by molar-refractivity contribution is 4.99. The van der Waals surface area contributed by atoms with Gasteiger partial charge in [-0.2, -0.15) is 0 Å². The lowest BCUT2D eigenvalue weighted by atomic mass is 9.96. The molecule has 0 spiro atoms. The second-order valence-electron chi connectivity index (χ2n) is 6.66. The van der Waals surface area contributed by atoms with Crippen LogP contribution >= 0.6 is 0 Å². The number of likely N-dealkylation sites (tertiary alicyclic amines) is 1. The number of nitrogens with two attached hydrogens (primary N) is 1. The van der Waals surface area contributed by atoms with Crippen LogP contribution in [0, 0.1) is 5.92 Å². The molecule has 3 rings (SSSR count). The van der Waals surface area contributed by atoms with Crippen molar-refractivity contribution in [3.63, 3.8) is 0 Å². The summed E-state index contributed by atoms with van der Waals surface area (Å²) < 4.78 is 0. The van der Waals surface area contributed by atoms with Crippen molar-refractivity contribution in [1.82, 2.24) is 9.80 Å². The van der Waals surface area contributed by atoms with E-state index in [4.69, 9.17) is 5.73 Å². The van der Waals surface area contributed by atoms with Gasteiger partial charge in [-0.15, -0.1) is 0 Å². The molecule has 104 valence electrons.